The third-order valence-electron chi connectivity index (χ3n) is 3.89. The third kappa shape index (κ3) is 16.9. The number of rotatable bonds is 14. The van der Waals surface area contributed by atoms with Crippen LogP contribution in [-0.2, 0) is 0 Å². The number of unbranched alkanes of at least 4 members (excludes halogenated alkanes) is 12. The molecule has 0 heterocycles. The molecule has 0 aromatic carbocycles. The van der Waals surface area contributed by atoms with Gasteiger partial charge in [-0.15, -0.1) is 11.8 Å². The number of hydrogen-bond donors (Lipinski definition) is 2. The Bertz CT molecular complexity index is 315. The molecule has 0 aliphatic carbocycles. The Morgan fingerprint density at radius 1 is 0.773 bits per heavy atom. The fourth-order valence-electron chi connectivity index (χ4n) is 2.45. The van der Waals surface area contributed by atoms with Crippen molar-refractivity contribution in [2.75, 3.05) is 0 Å². The van der Waals surface area contributed by atoms with Crippen LogP contribution in [0.5, 0.6) is 0 Å². The van der Waals surface area contributed by atoms with Crippen LogP contribution < -0.4 is 5.73 Å². The van der Waals surface area contributed by atoms with Crippen LogP contribution in [0.15, 0.2) is 5.16 Å². The summed E-state index contributed by atoms with van der Waals surface area (Å²) in [4.78, 5) is 0. The normalized spacial score (nSPS) is 11.2. The Morgan fingerprint density at radius 3 is 1.73 bits per heavy atom. The number of amidine groups is 1. The molecule has 22 heavy (non-hydrogen) atoms. The number of oxime groups is 1. The molecule has 0 aromatic rings. The van der Waals surface area contributed by atoms with E-state index in [2.05, 4.69) is 23.9 Å². The predicted molar refractivity (Wildman–Crippen MR) is 96.1 cm³/mol. The molecule has 0 unspecified atom stereocenters. The molecule has 0 aliphatic heterocycles. The highest BCUT2D eigenvalue weighted by Gasteiger charge is 1.94. The van der Waals surface area contributed by atoms with Gasteiger partial charge in [-0.25, -0.2) is 0 Å². The summed E-state index contributed by atoms with van der Waals surface area (Å²) in [6.07, 6.45) is 18.1. The molecule has 3 heteroatoms. The molecule has 0 aromatic heterocycles. The second-order valence-corrected chi connectivity index (χ2v) is 6.08. The quantitative estimate of drug-likeness (QED) is 0.109. The Balaban J connectivity index is 3.15. The highest BCUT2D eigenvalue weighted by atomic mass is 16.4. The van der Waals surface area contributed by atoms with Crippen molar-refractivity contribution in [2.45, 2.75) is 103 Å². The van der Waals surface area contributed by atoms with E-state index < -0.39 is 0 Å². The molecule has 0 bridgehead atoms. The van der Waals surface area contributed by atoms with E-state index in [1.807, 2.05) is 0 Å². The average Bonchev–Trinajstić information content (AvgIpc) is 2.54. The second-order valence-electron chi connectivity index (χ2n) is 6.08. The number of nitrogens with zero attached hydrogens (tertiary/aromatic N) is 1. The van der Waals surface area contributed by atoms with E-state index in [1.165, 1.54) is 70.6 Å². The predicted octanol–water partition coefficient (Wildman–Crippen LogP) is 5.61. The van der Waals surface area contributed by atoms with E-state index in [0.29, 0.717) is 12.3 Å². The van der Waals surface area contributed by atoms with Gasteiger partial charge in [0.15, 0.2) is 0 Å². The molecule has 0 amide bonds. The molecule has 0 saturated heterocycles. The maximum absolute atomic E-state index is 8.41. The van der Waals surface area contributed by atoms with E-state index >= 15 is 0 Å². The molecular weight excluding hydrogens is 272 g/mol. The molecule has 0 spiro atoms. The van der Waals surface area contributed by atoms with Gasteiger partial charge in [-0.3, -0.25) is 0 Å². The van der Waals surface area contributed by atoms with Crippen molar-refractivity contribution in [2.24, 2.45) is 10.9 Å². The zero-order chi connectivity index (χ0) is 16.3. The lowest BCUT2D eigenvalue weighted by atomic mass is 10.1. The van der Waals surface area contributed by atoms with E-state index in [1.54, 1.807) is 0 Å². The molecule has 0 rings (SSSR count). The monoisotopic (exact) mass is 308 g/mol. The summed E-state index contributed by atoms with van der Waals surface area (Å²) in [5.74, 6) is 6.96. The minimum absolute atomic E-state index is 0.348. The minimum atomic E-state index is 0.348. The van der Waals surface area contributed by atoms with Crippen LogP contribution >= 0.6 is 0 Å². The summed E-state index contributed by atoms with van der Waals surface area (Å²) in [7, 11) is 0. The summed E-state index contributed by atoms with van der Waals surface area (Å²) in [5.41, 5.74) is 5.42. The highest BCUT2D eigenvalue weighted by Crippen LogP contribution is 2.09. The first kappa shape index (κ1) is 20.8. The van der Waals surface area contributed by atoms with Crippen LogP contribution in [0, 0.1) is 11.8 Å². The SMILES string of the molecule is CCCCCCCCC#CCCCCCCCCC(N)=NO. The van der Waals surface area contributed by atoms with Crippen molar-refractivity contribution >= 4 is 5.84 Å². The zero-order valence-corrected chi connectivity index (χ0v) is 14.6. The number of hydrogen-bond acceptors (Lipinski definition) is 2. The van der Waals surface area contributed by atoms with Crippen molar-refractivity contribution in [1.29, 1.82) is 0 Å². The van der Waals surface area contributed by atoms with Gasteiger partial charge in [0.1, 0.15) is 5.84 Å². The smallest absolute Gasteiger partial charge is 0.139 e. The summed E-state index contributed by atoms with van der Waals surface area (Å²) < 4.78 is 0. The van der Waals surface area contributed by atoms with Crippen molar-refractivity contribution in [3.63, 3.8) is 0 Å². The molecule has 3 N–H and O–H groups in total. The molecule has 128 valence electrons. The first-order valence-electron chi connectivity index (χ1n) is 9.23. The van der Waals surface area contributed by atoms with Crippen LogP contribution in [0.4, 0.5) is 0 Å². The van der Waals surface area contributed by atoms with Gasteiger partial charge in [-0.2, -0.15) is 0 Å². The summed E-state index contributed by atoms with van der Waals surface area (Å²) in [6.45, 7) is 2.26. The lowest BCUT2D eigenvalue weighted by molar-refractivity contribution is 0.316. The van der Waals surface area contributed by atoms with Crippen molar-refractivity contribution in [3.05, 3.63) is 0 Å². The Hall–Kier alpha value is -1.17. The summed E-state index contributed by atoms with van der Waals surface area (Å²) >= 11 is 0. The number of nitrogens with two attached hydrogens (primary N) is 1. The fraction of sp³-hybridized carbons (Fsp3) is 0.842. The minimum Gasteiger partial charge on any atom is -0.409 e. The molecule has 0 radical (unpaired) electrons. The van der Waals surface area contributed by atoms with Gasteiger partial charge in [-0.1, -0.05) is 69.9 Å². The van der Waals surface area contributed by atoms with Crippen LogP contribution in [0.1, 0.15) is 103 Å². The fourth-order valence-corrected chi connectivity index (χ4v) is 2.45. The largest absolute Gasteiger partial charge is 0.409 e. The molecular formula is C19H36N2O. The van der Waals surface area contributed by atoms with Crippen molar-refractivity contribution in [1.82, 2.24) is 0 Å². The van der Waals surface area contributed by atoms with E-state index in [0.717, 1.165) is 19.3 Å². The molecule has 0 aliphatic rings. The summed E-state index contributed by atoms with van der Waals surface area (Å²) in [5, 5.41) is 11.4. The lowest BCUT2D eigenvalue weighted by Crippen LogP contribution is -2.10. The van der Waals surface area contributed by atoms with Gasteiger partial charge in [-0.05, 0) is 19.3 Å². The standard InChI is InChI=1S/C19H36N2O/c1-2-3-4-5-6-7-8-9-10-11-12-13-14-15-16-17-18-19(20)21-22/h22H,2-8,11-18H2,1H3,(H2,20,21). The first-order valence-corrected chi connectivity index (χ1v) is 9.23. The van der Waals surface area contributed by atoms with E-state index in [4.69, 9.17) is 10.9 Å². The van der Waals surface area contributed by atoms with Crippen LogP contribution in [-0.4, -0.2) is 11.0 Å². The molecule has 0 saturated carbocycles. The lowest BCUT2D eigenvalue weighted by Gasteiger charge is -2.00. The molecule has 0 atom stereocenters. The van der Waals surface area contributed by atoms with Crippen LogP contribution in [0.2, 0.25) is 0 Å². The maximum atomic E-state index is 8.41. The van der Waals surface area contributed by atoms with Gasteiger partial charge < -0.3 is 10.9 Å². The highest BCUT2D eigenvalue weighted by molar-refractivity contribution is 5.79. The summed E-state index contributed by atoms with van der Waals surface area (Å²) in [6, 6.07) is 0. The van der Waals surface area contributed by atoms with Gasteiger partial charge >= 0.3 is 0 Å². The Morgan fingerprint density at radius 2 is 1.23 bits per heavy atom. The first-order chi connectivity index (χ1) is 10.8. The van der Waals surface area contributed by atoms with Gasteiger partial charge in [0.05, 0.1) is 0 Å². The van der Waals surface area contributed by atoms with Crippen molar-refractivity contribution < 1.29 is 5.21 Å². The van der Waals surface area contributed by atoms with E-state index in [9.17, 15) is 0 Å². The maximum Gasteiger partial charge on any atom is 0.139 e. The second kappa shape index (κ2) is 17.9. The molecule has 0 fully saturated rings. The Kier molecular flexibility index (Phi) is 16.9. The zero-order valence-electron chi connectivity index (χ0n) is 14.6. The topological polar surface area (TPSA) is 58.6 Å². The third-order valence-corrected chi connectivity index (χ3v) is 3.89. The van der Waals surface area contributed by atoms with Crippen molar-refractivity contribution in [3.8, 4) is 11.8 Å². The van der Waals surface area contributed by atoms with Crippen LogP contribution in [0.25, 0.3) is 0 Å². The Labute approximate surface area is 137 Å². The van der Waals surface area contributed by atoms with Crippen LogP contribution in [0.3, 0.4) is 0 Å². The van der Waals surface area contributed by atoms with E-state index in [-0.39, 0.29) is 0 Å². The van der Waals surface area contributed by atoms with Gasteiger partial charge in [0.25, 0.3) is 0 Å². The molecule has 3 nitrogen and oxygen atoms in total. The van der Waals surface area contributed by atoms with Gasteiger partial charge in [0.2, 0.25) is 0 Å². The average molecular weight is 309 g/mol. The van der Waals surface area contributed by atoms with Gasteiger partial charge in [0, 0.05) is 19.3 Å².